The maximum atomic E-state index is 12.5. The van der Waals surface area contributed by atoms with Gasteiger partial charge in [0.2, 0.25) is 0 Å². The van der Waals surface area contributed by atoms with Crippen LogP contribution >= 0.6 is 34.2 Å². The molecular formula is C27H27ClIN3O3. The van der Waals surface area contributed by atoms with Gasteiger partial charge in [0.1, 0.15) is 6.61 Å². The molecule has 1 amide bonds. The molecule has 1 N–H and O–H groups in total. The molecule has 0 unspecified atom stereocenters. The summed E-state index contributed by atoms with van der Waals surface area (Å²) in [6.45, 7) is 4.86. The van der Waals surface area contributed by atoms with Crippen molar-refractivity contribution in [3.05, 3.63) is 85.9 Å². The molecule has 8 heteroatoms. The van der Waals surface area contributed by atoms with Gasteiger partial charge in [0.25, 0.3) is 5.91 Å². The van der Waals surface area contributed by atoms with E-state index < -0.39 is 0 Å². The first-order valence-corrected chi connectivity index (χ1v) is 13.0. The number of anilines is 1. The Kier molecular flexibility index (Phi) is 8.87. The molecule has 3 aromatic carbocycles. The molecule has 3 aromatic rings. The van der Waals surface area contributed by atoms with Crippen molar-refractivity contribution in [3.8, 4) is 11.5 Å². The number of hydrogen-bond acceptors (Lipinski definition) is 5. The number of nitrogens with zero attached hydrogens (tertiary/aromatic N) is 2. The number of halogens is 2. The van der Waals surface area contributed by atoms with Crippen LogP contribution in [-0.4, -0.2) is 31.8 Å². The number of carbonyl (C=O) groups is 1. The van der Waals surface area contributed by atoms with Gasteiger partial charge < -0.3 is 14.4 Å². The Bertz CT molecular complexity index is 1180. The summed E-state index contributed by atoms with van der Waals surface area (Å²) in [4.78, 5) is 14.8. The summed E-state index contributed by atoms with van der Waals surface area (Å²) >= 11 is 8.77. The van der Waals surface area contributed by atoms with Gasteiger partial charge in [-0.1, -0.05) is 23.7 Å². The molecule has 0 saturated carbocycles. The van der Waals surface area contributed by atoms with Gasteiger partial charge in [0, 0.05) is 27.9 Å². The highest BCUT2D eigenvalue weighted by atomic mass is 127. The summed E-state index contributed by atoms with van der Waals surface area (Å²) in [5.74, 6) is 0.727. The van der Waals surface area contributed by atoms with Gasteiger partial charge in [-0.05, 0) is 102 Å². The summed E-state index contributed by atoms with van der Waals surface area (Å²) in [7, 11) is 0. The van der Waals surface area contributed by atoms with Gasteiger partial charge in [-0.2, -0.15) is 5.10 Å². The molecule has 1 heterocycles. The molecule has 35 heavy (non-hydrogen) atoms. The first-order valence-electron chi connectivity index (χ1n) is 11.6. The summed E-state index contributed by atoms with van der Waals surface area (Å²) in [5, 5.41) is 4.51. The minimum absolute atomic E-state index is 0.275. The van der Waals surface area contributed by atoms with Crippen molar-refractivity contribution in [2.75, 3.05) is 24.6 Å². The van der Waals surface area contributed by atoms with Crippen molar-refractivity contribution in [1.82, 2.24) is 5.43 Å². The largest absolute Gasteiger partial charge is 0.490 e. The fraction of sp³-hybridized carbons (Fsp3) is 0.259. The van der Waals surface area contributed by atoms with E-state index in [1.165, 1.54) is 19.1 Å². The predicted molar refractivity (Wildman–Crippen MR) is 149 cm³/mol. The number of ether oxygens (including phenoxy) is 2. The second-order valence-corrected chi connectivity index (χ2v) is 9.77. The Labute approximate surface area is 224 Å². The van der Waals surface area contributed by atoms with Crippen LogP contribution in [0.4, 0.5) is 5.69 Å². The predicted octanol–water partition coefficient (Wildman–Crippen LogP) is 6.29. The van der Waals surface area contributed by atoms with Crippen LogP contribution in [0.15, 0.2) is 65.8 Å². The topological polar surface area (TPSA) is 63.2 Å². The number of nitrogens with one attached hydrogen (secondary N) is 1. The lowest BCUT2D eigenvalue weighted by Gasteiger charge is -2.17. The van der Waals surface area contributed by atoms with Crippen molar-refractivity contribution < 1.29 is 14.3 Å². The van der Waals surface area contributed by atoms with Crippen LogP contribution in [0.2, 0.25) is 5.02 Å². The maximum absolute atomic E-state index is 12.5. The standard InChI is InChI=1S/C27H27ClIN3O3/c1-2-34-25-16-20(15-24(28)26(25)35-18-19-5-9-22(29)10-6-19)17-30-31-27(33)21-7-11-23(12-8-21)32-13-3-4-14-32/h5-12,15-17H,2-4,13-14,18H2,1H3,(H,31,33)/b30-17-. The SMILES string of the molecule is CCOc1cc(/C=N\NC(=O)c2ccc(N3CCCC3)cc2)cc(Cl)c1OCc1ccc(I)cc1. The number of carbonyl (C=O) groups excluding carboxylic acids is 1. The lowest BCUT2D eigenvalue weighted by atomic mass is 10.2. The van der Waals surface area contributed by atoms with Crippen LogP contribution in [0.3, 0.4) is 0 Å². The molecule has 1 fully saturated rings. The molecule has 0 atom stereocenters. The third kappa shape index (κ3) is 6.89. The van der Waals surface area contributed by atoms with Crippen molar-refractivity contribution in [2.24, 2.45) is 5.10 Å². The van der Waals surface area contributed by atoms with E-state index in [2.05, 4.69) is 38.0 Å². The van der Waals surface area contributed by atoms with Crippen LogP contribution in [0.5, 0.6) is 11.5 Å². The van der Waals surface area contributed by atoms with Crippen molar-refractivity contribution in [3.63, 3.8) is 0 Å². The summed E-state index contributed by atoms with van der Waals surface area (Å²) < 4.78 is 12.9. The number of rotatable bonds is 9. The second kappa shape index (κ2) is 12.3. The maximum Gasteiger partial charge on any atom is 0.271 e. The quantitative estimate of drug-likeness (QED) is 0.178. The summed E-state index contributed by atoms with van der Waals surface area (Å²) in [6, 6.07) is 19.2. The van der Waals surface area contributed by atoms with E-state index in [-0.39, 0.29) is 5.91 Å². The first-order chi connectivity index (χ1) is 17.0. The van der Waals surface area contributed by atoms with E-state index in [9.17, 15) is 4.79 Å². The average Bonchev–Trinajstić information content (AvgIpc) is 3.40. The van der Waals surface area contributed by atoms with E-state index in [0.717, 1.165) is 27.9 Å². The molecule has 0 bridgehead atoms. The third-order valence-corrected chi connectivity index (χ3v) is 6.61. The van der Waals surface area contributed by atoms with Gasteiger partial charge >= 0.3 is 0 Å². The van der Waals surface area contributed by atoms with Gasteiger partial charge in [0.05, 0.1) is 17.8 Å². The lowest BCUT2D eigenvalue weighted by Crippen LogP contribution is -2.19. The number of hydrogen-bond donors (Lipinski definition) is 1. The van der Waals surface area contributed by atoms with Gasteiger partial charge in [-0.25, -0.2) is 5.43 Å². The first kappa shape index (κ1) is 25.3. The highest BCUT2D eigenvalue weighted by Crippen LogP contribution is 2.37. The number of amides is 1. The Morgan fingerprint density at radius 1 is 1.09 bits per heavy atom. The van der Waals surface area contributed by atoms with Gasteiger partial charge in [-0.3, -0.25) is 4.79 Å². The fourth-order valence-electron chi connectivity index (χ4n) is 3.83. The molecular weight excluding hydrogens is 577 g/mol. The lowest BCUT2D eigenvalue weighted by molar-refractivity contribution is 0.0955. The Morgan fingerprint density at radius 3 is 2.49 bits per heavy atom. The zero-order valence-electron chi connectivity index (χ0n) is 19.5. The smallest absolute Gasteiger partial charge is 0.271 e. The van der Waals surface area contributed by atoms with Gasteiger partial charge in [0.15, 0.2) is 11.5 Å². The molecule has 0 spiro atoms. The fourth-order valence-corrected chi connectivity index (χ4v) is 4.46. The third-order valence-electron chi connectivity index (χ3n) is 5.61. The minimum Gasteiger partial charge on any atom is -0.490 e. The highest BCUT2D eigenvalue weighted by molar-refractivity contribution is 14.1. The van der Waals surface area contributed by atoms with Crippen molar-refractivity contribution >= 4 is 52.0 Å². The van der Waals surface area contributed by atoms with Crippen LogP contribution in [-0.2, 0) is 6.61 Å². The van der Waals surface area contributed by atoms with Crippen LogP contribution in [0.1, 0.15) is 41.3 Å². The van der Waals surface area contributed by atoms with E-state index in [0.29, 0.717) is 40.9 Å². The van der Waals surface area contributed by atoms with E-state index >= 15 is 0 Å². The van der Waals surface area contributed by atoms with Crippen molar-refractivity contribution in [2.45, 2.75) is 26.4 Å². The zero-order valence-corrected chi connectivity index (χ0v) is 22.4. The molecule has 0 aromatic heterocycles. The summed E-state index contributed by atoms with van der Waals surface area (Å²) in [5.41, 5.74) is 5.99. The molecule has 0 radical (unpaired) electrons. The van der Waals surface area contributed by atoms with E-state index in [4.69, 9.17) is 21.1 Å². The van der Waals surface area contributed by atoms with Gasteiger partial charge in [-0.15, -0.1) is 0 Å². The number of benzene rings is 3. The molecule has 1 aliphatic rings. The minimum atomic E-state index is -0.275. The highest BCUT2D eigenvalue weighted by Gasteiger charge is 2.14. The molecule has 182 valence electrons. The van der Waals surface area contributed by atoms with Crippen molar-refractivity contribution in [1.29, 1.82) is 0 Å². The molecule has 1 saturated heterocycles. The molecule has 0 aliphatic carbocycles. The van der Waals surface area contributed by atoms with Crippen LogP contribution in [0, 0.1) is 3.57 Å². The van der Waals surface area contributed by atoms with E-state index in [1.54, 1.807) is 12.1 Å². The number of hydrazone groups is 1. The average molecular weight is 604 g/mol. The summed E-state index contributed by atoms with van der Waals surface area (Å²) in [6.07, 6.45) is 3.96. The normalized spacial score (nSPS) is 13.3. The monoisotopic (exact) mass is 603 g/mol. The van der Waals surface area contributed by atoms with Crippen LogP contribution < -0.4 is 19.8 Å². The zero-order chi connectivity index (χ0) is 24.6. The molecule has 4 rings (SSSR count). The Morgan fingerprint density at radius 2 is 1.80 bits per heavy atom. The molecule has 1 aliphatic heterocycles. The van der Waals surface area contributed by atoms with Crippen LogP contribution in [0.25, 0.3) is 0 Å². The Balaban J connectivity index is 1.40. The van der Waals surface area contributed by atoms with E-state index in [1.807, 2.05) is 55.5 Å². The molecule has 6 nitrogen and oxygen atoms in total. The Hall–Kier alpha value is -2.78. The second-order valence-electron chi connectivity index (χ2n) is 8.12.